The number of nitrogens with one attached hydrogen (secondary N) is 2. The molecule has 0 aromatic heterocycles. The summed E-state index contributed by atoms with van der Waals surface area (Å²) in [6.45, 7) is 3.10. The molecular weight excluding hydrogens is 638 g/mol. The molecule has 2 saturated carbocycles. The molecule has 11 nitrogen and oxygen atoms in total. The van der Waals surface area contributed by atoms with Gasteiger partial charge in [-0.1, -0.05) is 67.6 Å². The van der Waals surface area contributed by atoms with Gasteiger partial charge in [0, 0.05) is 46.0 Å². The van der Waals surface area contributed by atoms with Crippen molar-refractivity contribution in [2.45, 2.75) is 96.1 Å². The van der Waals surface area contributed by atoms with Gasteiger partial charge in [-0.15, -0.1) is 0 Å². The average molecular weight is 696 g/mol. The summed E-state index contributed by atoms with van der Waals surface area (Å²) in [5.41, 5.74) is 8.57. The monoisotopic (exact) mass is 695 g/mol. The highest BCUT2D eigenvalue weighted by Crippen LogP contribution is 2.42. The van der Waals surface area contributed by atoms with Crippen LogP contribution < -0.4 is 16.4 Å². The molecule has 2 aliphatic rings. The highest BCUT2D eigenvalue weighted by molar-refractivity contribution is 5.89. The summed E-state index contributed by atoms with van der Waals surface area (Å²) in [5.74, 6) is -0.976. The maximum absolute atomic E-state index is 13.0. The molecule has 276 valence electrons. The van der Waals surface area contributed by atoms with Gasteiger partial charge in [0.2, 0.25) is 11.8 Å². The molecule has 0 spiro atoms. The maximum Gasteiger partial charge on any atom is 0.328 e. The van der Waals surface area contributed by atoms with Crippen molar-refractivity contribution in [3.8, 4) is 0 Å². The van der Waals surface area contributed by atoms with Crippen LogP contribution in [0.2, 0.25) is 0 Å². The standard InChI is InChI=1S/C20H29NO4.C19H28N2O4/c1-15-6-8-16(9-7-15)14-17(18(22)25-3)21-19(23)20(12-13-24-2)10-4-5-11-20;1-24-12-11-19(9-3-4-10-19)18(23)21-16(17(22)25-2)13-14-5-7-15(20)8-6-14/h6-9,17H,4-5,10-14H2,1-3H3,(H,21,23);5-8,16H,3-4,9-13,20H2,1-2H3,(H,21,23)/t17-;16-/m00/s1. The third-order valence-electron chi connectivity index (χ3n) is 10.2. The molecule has 0 saturated heterocycles. The molecule has 50 heavy (non-hydrogen) atoms. The number of nitrogens with two attached hydrogens (primary N) is 1. The first-order valence-electron chi connectivity index (χ1n) is 17.7. The molecule has 0 bridgehead atoms. The van der Waals surface area contributed by atoms with Crippen LogP contribution in [0.4, 0.5) is 5.69 Å². The topological polar surface area (TPSA) is 155 Å². The van der Waals surface area contributed by atoms with Crippen LogP contribution >= 0.6 is 0 Å². The SMILES string of the molecule is COCCC1(C(=O)N[C@@H](Cc2ccc(C)cc2)C(=O)OC)CCCC1.COCCC1(C(=O)N[C@@H](Cc2ccc(N)cc2)C(=O)OC)CCCC1. The largest absolute Gasteiger partial charge is 0.467 e. The molecule has 0 aliphatic heterocycles. The molecule has 0 heterocycles. The summed E-state index contributed by atoms with van der Waals surface area (Å²) in [6, 6.07) is 13.9. The third-order valence-corrected chi connectivity index (χ3v) is 10.2. The number of benzene rings is 2. The Bertz CT molecular complexity index is 1260. The molecule has 0 radical (unpaired) electrons. The van der Waals surface area contributed by atoms with Crippen LogP contribution in [0.3, 0.4) is 0 Å². The van der Waals surface area contributed by atoms with Gasteiger partial charge in [-0.2, -0.15) is 0 Å². The number of hydrogen-bond donors (Lipinski definition) is 3. The van der Waals surface area contributed by atoms with Gasteiger partial charge < -0.3 is 35.3 Å². The fourth-order valence-electron chi connectivity index (χ4n) is 7.02. The van der Waals surface area contributed by atoms with E-state index in [0.29, 0.717) is 44.6 Å². The Labute approximate surface area is 297 Å². The van der Waals surface area contributed by atoms with Crippen molar-refractivity contribution in [2.24, 2.45) is 10.8 Å². The van der Waals surface area contributed by atoms with Gasteiger partial charge in [-0.05, 0) is 68.7 Å². The van der Waals surface area contributed by atoms with E-state index in [4.69, 9.17) is 24.7 Å². The van der Waals surface area contributed by atoms with Crippen molar-refractivity contribution < 1.29 is 38.1 Å². The fraction of sp³-hybridized carbons (Fsp3) is 0.590. The summed E-state index contributed by atoms with van der Waals surface area (Å²) in [6.07, 6.45) is 9.65. The molecular formula is C39H57N3O8. The first kappa shape index (κ1) is 40.5. The summed E-state index contributed by atoms with van der Waals surface area (Å²) < 4.78 is 20.2. The highest BCUT2D eigenvalue weighted by atomic mass is 16.5. The number of anilines is 1. The van der Waals surface area contributed by atoms with Gasteiger partial charge in [0.25, 0.3) is 0 Å². The molecule has 2 aromatic rings. The minimum absolute atomic E-state index is 0.0513. The van der Waals surface area contributed by atoms with Crippen LogP contribution in [-0.4, -0.2) is 77.5 Å². The zero-order valence-electron chi connectivity index (χ0n) is 30.5. The van der Waals surface area contributed by atoms with Crippen LogP contribution in [0.25, 0.3) is 0 Å². The average Bonchev–Trinajstić information content (AvgIpc) is 3.82. The van der Waals surface area contributed by atoms with E-state index in [-0.39, 0.29) is 11.8 Å². The predicted octanol–water partition coefficient (Wildman–Crippen LogP) is 4.86. The smallest absolute Gasteiger partial charge is 0.328 e. The number of nitrogen functional groups attached to an aromatic ring is 1. The summed E-state index contributed by atoms with van der Waals surface area (Å²) >= 11 is 0. The molecule has 11 heteroatoms. The van der Waals surface area contributed by atoms with Gasteiger partial charge in [0.05, 0.1) is 25.0 Å². The van der Waals surface area contributed by atoms with Crippen molar-refractivity contribution in [2.75, 3.05) is 47.4 Å². The Morgan fingerprint density at radius 2 is 1.00 bits per heavy atom. The van der Waals surface area contributed by atoms with E-state index in [9.17, 15) is 19.2 Å². The van der Waals surface area contributed by atoms with E-state index in [1.165, 1.54) is 14.2 Å². The Balaban J connectivity index is 0.000000270. The lowest BCUT2D eigenvalue weighted by atomic mass is 9.81. The number of aryl methyl sites for hydroxylation is 1. The van der Waals surface area contributed by atoms with Gasteiger partial charge in [0.15, 0.2) is 0 Å². The summed E-state index contributed by atoms with van der Waals surface area (Å²) in [4.78, 5) is 50.3. The second-order valence-corrected chi connectivity index (χ2v) is 13.7. The lowest BCUT2D eigenvalue weighted by Crippen LogP contribution is -2.49. The number of amides is 2. The summed E-state index contributed by atoms with van der Waals surface area (Å²) in [5, 5.41) is 5.88. The fourth-order valence-corrected chi connectivity index (χ4v) is 7.02. The quantitative estimate of drug-likeness (QED) is 0.165. The first-order valence-corrected chi connectivity index (χ1v) is 17.7. The van der Waals surface area contributed by atoms with Gasteiger partial charge in [-0.3, -0.25) is 9.59 Å². The molecule has 2 fully saturated rings. The molecule has 2 aromatic carbocycles. The van der Waals surface area contributed by atoms with E-state index in [2.05, 4.69) is 10.6 Å². The Hall–Kier alpha value is -3.96. The predicted molar refractivity (Wildman–Crippen MR) is 192 cm³/mol. The summed E-state index contributed by atoms with van der Waals surface area (Å²) in [7, 11) is 5.97. The van der Waals surface area contributed by atoms with Crippen LogP contribution in [0.15, 0.2) is 48.5 Å². The molecule has 2 amide bonds. The van der Waals surface area contributed by atoms with Crippen LogP contribution in [-0.2, 0) is 51.0 Å². The van der Waals surface area contributed by atoms with Crippen LogP contribution in [0, 0.1) is 17.8 Å². The van der Waals surface area contributed by atoms with E-state index >= 15 is 0 Å². The normalized spacial score (nSPS) is 17.1. The van der Waals surface area contributed by atoms with Crippen LogP contribution in [0.5, 0.6) is 0 Å². The van der Waals surface area contributed by atoms with E-state index in [1.807, 2.05) is 43.3 Å². The van der Waals surface area contributed by atoms with Crippen molar-refractivity contribution in [1.29, 1.82) is 0 Å². The number of esters is 2. The van der Waals surface area contributed by atoms with Crippen molar-refractivity contribution in [3.63, 3.8) is 0 Å². The van der Waals surface area contributed by atoms with E-state index in [0.717, 1.165) is 68.1 Å². The third kappa shape index (κ3) is 11.6. The first-order chi connectivity index (χ1) is 24.0. The number of rotatable bonds is 16. The number of carbonyl (C=O) groups excluding carboxylic acids is 4. The number of hydrogen-bond acceptors (Lipinski definition) is 9. The maximum atomic E-state index is 13.0. The minimum Gasteiger partial charge on any atom is -0.467 e. The van der Waals surface area contributed by atoms with Crippen molar-refractivity contribution in [3.05, 3.63) is 65.2 Å². The van der Waals surface area contributed by atoms with Crippen molar-refractivity contribution in [1.82, 2.24) is 10.6 Å². The lowest BCUT2D eigenvalue weighted by molar-refractivity contribution is -0.147. The second kappa shape index (κ2) is 20.0. The van der Waals surface area contributed by atoms with Crippen molar-refractivity contribution >= 4 is 29.4 Å². The molecule has 0 unspecified atom stereocenters. The Morgan fingerprint density at radius 3 is 1.34 bits per heavy atom. The molecule has 4 rings (SSSR count). The zero-order valence-corrected chi connectivity index (χ0v) is 30.5. The zero-order chi connectivity index (χ0) is 36.6. The number of carbonyl (C=O) groups is 4. The Kier molecular flexibility index (Phi) is 16.2. The Morgan fingerprint density at radius 1 is 0.640 bits per heavy atom. The molecule has 2 atom stereocenters. The van der Waals surface area contributed by atoms with Gasteiger partial charge in [-0.25, -0.2) is 9.59 Å². The lowest BCUT2D eigenvalue weighted by Gasteiger charge is -2.29. The number of methoxy groups -OCH3 is 4. The highest BCUT2D eigenvalue weighted by Gasteiger charge is 2.43. The number of ether oxygens (including phenoxy) is 4. The van der Waals surface area contributed by atoms with Crippen LogP contribution in [0.1, 0.15) is 80.9 Å². The van der Waals surface area contributed by atoms with E-state index in [1.54, 1.807) is 26.4 Å². The van der Waals surface area contributed by atoms with Gasteiger partial charge >= 0.3 is 11.9 Å². The van der Waals surface area contributed by atoms with Gasteiger partial charge in [0.1, 0.15) is 12.1 Å². The second-order valence-electron chi connectivity index (χ2n) is 13.7. The minimum atomic E-state index is -0.707. The van der Waals surface area contributed by atoms with E-state index < -0.39 is 34.9 Å². The molecule has 4 N–H and O–H groups in total. The molecule has 2 aliphatic carbocycles.